The van der Waals surface area contributed by atoms with Gasteiger partial charge in [0.15, 0.2) is 0 Å². The molecule has 0 aliphatic heterocycles. The van der Waals surface area contributed by atoms with Crippen LogP contribution in [0, 0.1) is 0 Å². The summed E-state index contributed by atoms with van der Waals surface area (Å²) >= 11 is 5.68. The Morgan fingerprint density at radius 2 is 2.08 bits per heavy atom. The van der Waals surface area contributed by atoms with Crippen molar-refractivity contribution in [1.29, 1.82) is 0 Å². The van der Waals surface area contributed by atoms with Gasteiger partial charge in [0.05, 0.1) is 0 Å². The molecule has 0 saturated heterocycles. The first-order valence-electron chi connectivity index (χ1n) is 4.27. The van der Waals surface area contributed by atoms with E-state index in [1.54, 1.807) is 0 Å². The Kier molecular flexibility index (Phi) is 4.79. The average Bonchev–Trinajstić information content (AvgIpc) is 2.19. The molecular weight excluding hydrogens is 189 g/mol. The van der Waals surface area contributed by atoms with Crippen LogP contribution in [0.3, 0.4) is 0 Å². The highest BCUT2D eigenvalue weighted by Gasteiger charge is 1.94. The predicted molar refractivity (Wildman–Crippen MR) is 53.7 cm³/mol. The van der Waals surface area contributed by atoms with Crippen molar-refractivity contribution in [2.24, 2.45) is 0 Å². The van der Waals surface area contributed by atoms with E-state index in [2.05, 4.69) is 5.32 Å². The number of hydrogen-bond donors (Lipinski definition) is 1. The van der Waals surface area contributed by atoms with Gasteiger partial charge in [0, 0.05) is 19.0 Å². The lowest BCUT2D eigenvalue weighted by molar-refractivity contribution is 0.467. The zero-order valence-corrected chi connectivity index (χ0v) is 8.15. The third-order valence-electron chi connectivity index (χ3n) is 1.75. The van der Waals surface area contributed by atoms with Gasteiger partial charge in [0.1, 0.15) is 6.67 Å². The van der Waals surface area contributed by atoms with Crippen molar-refractivity contribution in [1.82, 2.24) is 5.32 Å². The highest BCUT2D eigenvalue weighted by atomic mass is 35.5. The first-order chi connectivity index (χ1) is 6.36. The molecule has 0 amide bonds. The molecule has 0 saturated carbocycles. The fraction of sp³-hybridized carbons (Fsp3) is 0.400. The Labute approximate surface area is 82.9 Å². The first-order valence-corrected chi connectivity index (χ1v) is 4.80. The van der Waals surface area contributed by atoms with Crippen molar-refractivity contribution in [2.75, 3.05) is 13.2 Å². The van der Waals surface area contributed by atoms with Gasteiger partial charge >= 0.3 is 0 Å². The summed E-state index contributed by atoms with van der Waals surface area (Å²) in [4.78, 5) is 0. The van der Waals surface area contributed by atoms with E-state index in [-0.39, 0.29) is 6.67 Å². The molecule has 1 rings (SSSR count). The minimum Gasteiger partial charge on any atom is -0.310 e. The van der Waals surface area contributed by atoms with Crippen LogP contribution in [0.2, 0.25) is 0 Å². The summed E-state index contributed by atoms with van der Waals surface area (Å²) in [5, 5.41) is 2.98. The van der Waals surface area contributed by atoms with Gasteiger partial charge in [0.25, 0.3) is 0 Å². The van der Waals surface area contributed by atoms with Crippen LogP contribution >= 0.6 is 11.6 Å². The van der Waals surface area contributed by atoms with E-state index in [9.17, 15) is 4.39 Å². The first kappa shape index (κ1) is 10.5. The standard InChI is InChI=1S/C10H13ClFN/c11-7-9-2-1-3-10(6-9)8-13-5-4-12/h1-3,6,13H,4-5,7-8H2. The number of benzene rings is 1. The minimum atomic E-state index is -0.324. The zero-order valence-electron chi connectivity index (χ0n) is 7.39. The lowest BCUT2D eigenvalue weighted by Gasteiger charge is -2.03. The van der Waals surface area contributed by atoms with Gasteiger partial charge in [0.2, 0.25) is 0 Å². The molecule has 1 aromatic rings. The van der Waals surface area contributed by atoms with E-state index in [1.807, 2.05) is 24.3 Å². The van der Waals surface area contributed by atoms with Crippen LogP contribution in [0.1, 0.15) is 11.1 Å². The van der Waals surface area contributed by atoms with Gasteiger partial charge in [-0.1, -0.05) is 24.3 Å². The van der Waals surface area contributed by atoms with Crippen molar-refractivity contribution in [3.8, 4) is 0 Å². The summed E-state index contributed by atoms with van der Waals surface area (Å²) in [5.74, 6) is 0.525. The molecule has 0 aliphatic rings. The maximum absolute atomic E-state index is 11.8. The molecule has 0 atom stereocenters. The van der Waals surface area contributed by atoms with Crippen LogP contribution < -0.4 is 5.32 Å². The average molecular weight is 202 g/mol. The predicted octanol–water partition coefficient (Wildman–Crippen LogP) is 2.48. The monoisotopic (exact) mass is 201 g/mol. The Balaban J connectivity index is 2.46. The van der Waals surface area contributed by atoms with Gasteiger partial charge < -0.3 is 5.32 Å². The number of alkyl halides is 2. The summed E-state index contributed by atoms with van der Waals surface area (Å²) < 4.78 is 11.8. The molecule has 0 aliphatic carbocycles. The zero-order chi connectivity index (χ0) is 9.52. The largest absolute Gasteiger partial charge is 0.310 e. The van der Waals surface area contributed by atoms with E-state index < -0.39 is 0 Å². The van der Waals surface area contributed by atoms with Gasteiger partial charge in [-0.3, -0.25) is 0 Å². The smallest absolute Gasteiger partial charge is 0.102 e. The molecular formula is C10H13ClFN. The molecule has 1 N–H and O–H groups in total. The highest BCUT2D eigenvalue weighted by Crippen LogP contribution is 2.07. The Morgan fingerprint density at radius 1 is 1.31 bits per heavy atom. The maximum Gasteiger partial charge on any atom is 0.102 e. The number of hydrogen-bond acceptors (Lipinski definition) is 1. The van der Waals surface area contributed by atoms with Gasteiger partial charge in [-0.2, -0.15) is 0 Å². The van der Waals surface area contributed by atoms with E-state index >= 15 is 0 Å². The van der Waals surface area contributed by atoms with Crippen LogP contribution in [-0.2, 0) is 12.4 Å². The quantitative estimate of drug-likeness (QED) is 0.570. The second-order valence-corrected chi connectivity index (χ2v) is 3.09. The lowest BCUT2D eigenvalue weighted by Crippen LogP contribution is -2.15. The molecule has 0 heterocycles. The second-order valence-electron chi connectivity index (χ2n) is 2.82. The van der Waals surface area contributed by atoms with Crippen LogP contribution in [-0.4, -0.2) is 13.2 Å². The Bertz CT molecular complexity index is 252. The molecule has 0 fully saturated rings. The molecule has 1 aromatic carbocycles. The summed E-state index contributed by atoms with van der Waals surface area (Å²) in [5.41, 5.74) is 2.24. The Hall–Kier alpha value is -0.600. The summed E-state index contributed by atoms with van der Waals surface area (Å²) in [7, 11) is 0. The molecule has 0 bridgehead atoms. The SMILES string of the molecule is FCCNCc1cccc(CCl)c1. The van der Waals surface area contributed by atoms with Crippen LogP contribution in [0.15, 0.2) is 24.3 Å². The third kappa shape index (κ3) is 3.75. The van der Waals surface area contributed by atoms with E-state index in [0.29, 0.717) is 19.0 Å². The van der Waals surface area contributed by atoms with Gasteiger partial charge in [-0.15, -0.1) is 11.6 Å². The van der Waals surface area contributed by atoms with Crippen LogP contribution in [0.5, 0.6) is 0 Å². The van der Waals surface area contributed by atoms with Gasteiger partial charge in [-0.05, 0) is 11.1 Å². The molecule has 0 spiro atoms. The minimum absolute atomic E-state index is 0.324. The summed E-state index contributed by atoms with van der Waals surface area (Å²) in [6.45, 7) is 0.787. The summed E-state index contributed by atoms with van der Waals surface area (Å²) in [6.07, 6.45) is 0. The molecule has 0 aromatic heterocycles. The topological polar surface area (TPSA) is 12.0 Å². The highest BCUT2D eigenvalue weighted by molar-refractivity contribution is 6.17. The van der Waals surface area contributed by atoms with Crippen molar-refractivity contribution >= 4 is 11.6 Å². The molecule has 0 unspecified atom stereocenters. The van der Waals surface area contributed by atoms with Crippen LogP contribution in [0.25, 0.3) is 0 Å². The fourth-order valence-corrected chi connectivity index (χ4v) is 1.29. The maximum atomic E-state index is 11.8. The Morgan fingerprint density at radius 3 is 2.77 bits per heavy atom. The van der Waals surface area contributed by atoms with Crippen molar-refractivity contribution < 1.29 is 4.39 Å². The second kappa shape index (κ2) is 5.95. The molecule has 3 heteroatoms. The van der Waals surface area contributed by atoms with E-state index in [0.717, 1.165) is 11.1 Å². The number of nitrogens with one attached hydrogen (secondary N) is 1. The fourth-order valence-electron chi connectivity index (χ4n) is 1.12. The molecule has 13 heavy (non-hydrogen) atoms. The number of halogens is 2. The van der Waals surface area contributed by atoms with Crippen molar-refractivity contribution in [2.45, 2.75) is 12.4 Å². The van der Waals surface area contributed by atoms with Gasteiger partial charge in [-0.25, -0.2) is 4.39 Å². The molecule has 1 nitrogen and oxygen atoms in total. The number of rotatable bonds is 5. The van der Waals surface area contributed by atoms with E-state index in [1.165, 1.54) is 0 Å². The summed E-state index contributed by atoms with van der Waals surface area (Å²) in [6, 6.07) is 7.97. The normalized spacial score (nSPS) is 10.3. The molecule has 72 valence electrons. The van der Waals surface area contributed by atoms with E-state index in [4.69, 9.17) is 11.6 Å². The van der Waals surface area contributed by atoms with Crippen molar-refractivity contribution in [3.05, 3.63) is 35.4 Å². The third-order valence-corrected chi connectivity index (χ3v) is 2.05. The molecule has 0 radical (unpaired) electrons. The van der Waals surface area contributed by atoms with Crippen LogP contribution in [0.4, 0.5) is 4.39 Å². The lowest BCUT2D eigenvalue weighted by atomic mass is 10.1. The van der Waals surface area contributed by atoms with Crippen molar-refractivity contribution in [3.63, 3.8) is 0 Å².